The van der Waals surface area contributed by atoms with Crippen LogP contribution in [0.15, 0.2) is 18.3 Å². The summed E-state index contributed by atoms with van der Waals surface area (Å²) in [6.45, 7) is 1.76. The highest BCUT2D eigenvalue weighted by molar-refractivity contribution is 5.48. The van der Waals surface area contributed by atoms with Gasteiger partial charge in [0.2, 0.25) is 5.82 Å². The molecule has 0 atom stereocenters. The van der Waals surface area contributed by atoms with Gasteiger partial charge in [0.15, 0.2) is 5.82 Å². The fraction of sp³-hybridized carbons (Fsp3) is 0.250. The summed E-state index contributed by atoms with van der Waals surface area (Å²) < 4.78 is 1.92. The minimum absolute atomic E-state index is 0.554. The van der Waals surface area contributed by atoms with Crippen molar-refractivity contribution in [1.29, 1.82) is 0 Å². The Bertz CT molecular complexity index is 403. The molecular formula is C8H9N5. The molecule has 0 aliphatic heterocycles. The molecule has 2 heterocycles. The number of hydrogen-bond donors (Lipinski definition) is 0. The average Bonchev–Trinajstić information content (AvgIpc) is 2.53. The van der Waals surface area contributed by atoms with Crippen LogP contribution in [-0.2, 0) is 7.05 Å². The highest BCUT2D eigenvalue weighted by atomic mass is 15.3. The first kappa shape index (κ1) is 7.85. The van der Waals surface area contributed by atoms with Crippen LogP contribution in [0.2, 0.25) is 0 Å². The lowest BCUT2D eigenvalue weighted by Gasteiger charge is -1.98. The highest BCUT2D eigenvalue weighted by Crippen LogP contribution is 2.11. The van der Waals surface area contributed by atoms with Crippen molar-refractivity contribution in [3.05, 3.63) is 24.2 Å². The molecular weight excluding hydrogens is 166 g/mol. The van der Waals surface area contributed by atoms with Gasteiger partial charge in [0.1, 0.15) is 0 Å². The third-order valence-electron chi connectivity index (χ3n) is 1.75. The molecule has 0 fully saturated rings. The van der Waals surface area contributed by atoms with Crippen LogP contribution in [0, 0.1) is 6.92 Å². The van der Waals surface area contributed by atoms with Crippen molar-refractivity contribution in [3.8, 4) is 11.5 Å². The van der Waals surface area contributed by atoms with Crippen LogP contribution >= 0.6 is 0 Å². The number of aryl methyl sites for hydroxylation is 2. The Hall–Kier alpha value is -1.78. The molecule has 0 amide bonds. The first-order valence-corrected chi connectivity index (χ1v) is 3.93. The van der Waals surface area contributed by atoms with Gasteiger partial charge < -0.3 is 4.57 Å². The minimum Gasteiger partial charge on any atom is -0.348 e. The molecule has 0 spiro atoms. The standard InChI is InChI=1S/C8H9N5/c1-6-9-11-8(12-10-6)7-4-3-5-13(7)2/h3-5H,1-2H3. The topological polar surface area (TPSA) is 56.5 Å². The van der Waals surface area contributed by atoms with E-state index in [4.69, 9.17) is 0 Å². The van der Waals surface area contributed by atoms with Crippen molar-refractivity contribution in [1.82, 2.24) is 25.0 Å². The number of aromatic nitrogens is 5. The predicted octanol–water partition coefficient (Wildman–Crippen LogP) is 0.581. The summed E-state index contributed by atoms with van der Waals surface area (Å²) in [7, 11) is 1.93. The van der Waals surface area contributed by atoms with E-state index in [-0.39, 0.29) is 0 Å². The van der Waals surface area contributed by atoms with Crippen molar-refractivity contribution in [2.75, 3.05) is 0 Å². The smallest absolute Gasteiger partial charge is 0.219 e. The first-order chi connectivity index (χ1) is 6.27. The molecule has 5 nitrogen and oxygen atoms in total. The van der Waals surface area contributed by atoms with E-state index in [9.17, 15) is 0 Å². The van der Waals surface area contributed by atoms with Crippen molar-refractivity contribution in [2.45, 2.75) is 6.92 Å². The lowest BCUT2D eigenvalue weighted by Crippen LogP contribution is -2.01. The van der Waals surface area contributed by atoms with E-state index in [0.29, 0.717) is 11.6 Å². The molecule has 0 radical (unpaired) electrons. The van der Waals surface area contributed by atoms with Gasteiger partial charge in [-0.1, -0.05) is 0 Å². The van der Waals surface area contributed by atoms with Gasteiger partial charge in [-0.3, -0.25) is 0 Å². The molecule has 5 heteroatoms. The summed E-state index contributed by atoms with van der Waals surface area (Å²) >= 11 is 0. The maximum Gasteiger partial charge on any atom is 0.219 e. The highest BCUT2D eigenvalue weighted by Gasteiger charge is 2.04. The molecule has 66 valence electrons. The summed E-state index contributed by atoms with van der Waals surface area (Å²) in [4.78, 5) is 0. The summed E-state index contributed by atoms with van der Waals surface area (Å²) in [5, 5.41) is 15.6. The Kier molecular flexibility index (Phi) is 1.77. The molecule has 2 rings (SSSR count). The van der Waals surface area contributed by atoms with Crippen LogP contribution in [0.3, 0.4) is 0 Å². The van der Waals surface area contributed by atoms with Gasteiger partial charge >= 0.3 is 0 Å². The molecule has 0 aliphatic carbocycles. The van der Waals surface area contributed by atoms with E-state index < -0.39 is 0 Å². The van der Waals surface area contributed by atoms with Crippen LogP contribution in [0.25, 0.3) is 11.5 Å². The van der Waals surface area contributed by atoms with E-state index in [2.05, 4.69) is 20.4 Å². The van der Waals surface area contributed by atoms with Crippen LogP contribution in [0.5, 0.6) is 0 Å². The molecule has 0 saturated carbocycles. The Morgan fingerprint density at radius 3 is 2.38 bits per heavy atom. The molecule has 13 heavy (non-hydrogen) atoms. The van der Waals surface area contributed by atoms with Crippen molar-refractivity contribution in [2.24, 2.45) is 7.05 Å². The Balaban J connectivity index is 2.47. The monoisotopic (exact) mass is 175 g/mol. The zero-order chi connectivity index (χ0) is 9.26. The minimum atomic E-state index is 0.554. The fourth-order valence-electron chi connectivity index (χ4n) is 1.08. The third-order valence-corrected chi connectivity index (χ3v) is 1.75. The van der Waals surface area contributed by atoms with Gasteiger partial charge in [0.05, 0.1) is 5.69 Å². The SMILES string of the molecule is Cc1nnc(-c2cccn2C)nn1. The summed E-state index contributed by atoms with van der Waals surface area (Å²) in [6, 6.07) is 3.85. The maximum atomic E-state index is 3.94. The van der Waals surface area contributed by atoms with E-state index in [1.54, 1.807) is 6.92 Å². The van der Waals surface area contributed by atoms with Crippen LogP contribution < -0.4 is 0 Å². The molecule has 2 aromatic rings. The first-order valence-electron chi connectivity index (χ1n) is 3.93. The van der Waals surface area contributed by atoms with Gasteiger partial charge in [-0.25, -0.2) is 0 Å². The maximum absolute atomic E-state index is 3.94. The second-order valence-corrected chi connectivity index (χ2v) is 2.78. The largest absolute Gasteiger partial charge is 0.348 e. The molecule has 0 N–H and O–H groups in total. The molecule has 0 bridgehead atoms. The zero-order valence-electron chi connectivity index (χ0n) is 7.47. The molecule has 2 aromatic heterocycles. The number of rotatable bonds is 1. The second-order valence-electron chi connectivity index (χ2n) is 2.78. The second kappa shape index (κ2) is 2.93. The van der Waals surface area contributed by atoms with Gasteiger partial charge in [-0.2, -0.15) is 0 Å². The summed E-state index contributed by atoms with van der Waals surface area (Å²) in [6.07, 6.45) is 1.93. The normalized spacial score (nSPS) is 10.3. The van der Waals surface area contributed by atoms with Crippen molar-refractivity contribution < 1.29 is 0 Å². The van der Waals surface area contributed by atoms with E-state index in [1.165, 1.54) is 0 Å². The molecule has 0 saturated heterocycles. The van der Waals surface area contributed by atoms with Gasteiger partial charge in [0, 0.05) is 13.2 Å². The van der Waals surface area contributed by atoms with Crippen LogP contribution in [0.4, 0.5) is 0 Å². The summed E-state index contributed by atoms with van der Waals surface area (Å²) in [5.74, 6) is 1.14. The Labute approximate surface area is 75.5 Å². The predicted molar refractivity (Wildman–Crippen MR) is 46.8 cm³/mol. The van der Waals surface area contributed by atoms with Crippen molar-refractivity contribution in [3.63, 3.8) is 0 Å². The van der Waals surface area contributed by atoms with Crippen molar-refractivity contribution >= 4 is 0 Å². The van der Waals surface area contributed by atoms with Crippen LogP contribution in [0.1, 0.15) is 5.82 Å². The Morgan fingerprint density at radius 2 is 1.85 bits per heavy atom. The third kappa shape index (κ3) is 1.40. The average molecular weight is 175 g/mol. The van der Waals surface area contributed by atoms with Crippen LogP contribution in [-0.4, -0.2) is 25.0 Å². The zero-order valence-corrected chi connectivity index (χ0v) is 7.47. The van der Waals surface area contributed by atoms with E-state index in [0.717, 1.165) is 5.69 Å². The van der Waals surface area contributed by atoms with E-state index >= 15 is 0 Å². The quantitative estimate of drug-likeness (QED) is 0.636. The van der Waals surface area contributed by atoms with Gasteiger partial charge in [-0.15, -0.1) is 20.4 Å². The molecule has 0 aromatic carbocycles. The van der Waals surface area contributed by atoms with Gasteiger partial charge in [0.25, 0.3) is 0 Å². The lowest BCUT2D eigenvalue weighted by atomic mass is 10.4. The Morgan fingerprint density at radius 1 is 1.15 bits per heavy atom. The number of nitrogens with zero attached hydrogens (tertiary/aromatic N) is 5. The number of hydrogen-bond acceptors (Lipinski definition) is 4. The lowest BCUT2D eigenvalue weighted by molar-refractivity contribution is 0.799. The molecule has 0 unspecified atom stereocenters. The fourth-order valence-corrected chi connectivity index (χ4v) is 1.08. The van der Waals surface area contributed by atoms with E-state index in [1.807, 2.05) is 29.9 Å². The summed E-state index contributed by atoms with van der Waals surface area (Å²) in [5.41, 5.74) is 0.917. The van der Waals surface area contributed by atoms with Gasteiger partial charge in [-0.05, 0) is 19.1 Å². The molecule has 0 aliphatic rings.